The van der Waals surface area contributed by atoms with Gasteiger partial charge in [-0.25, -0.2) is 0 Å². The van der Waals surface area contributed by atoms with Gasteiger partial charge in [0, 0.05) is 20.0 Å². The Morgan fingerprint density at radius 2 is 2.00 bits per heavy atom. The maximum Gasteiger partial charge on any atom is 0.223 e. The lowest BCUT2D eigenvalue weighted by atomic mass is 9.96. The fraction of sp³-hybridized carbons (Fsp3) is 0.500. The molecule has 0 saturated carbocycles. The van der Waals surface area contributed by atoms with Crippen molar-refractivity contribution in [3.05, 3.63) is 35.4 Å². The summed E-state index contributed by atoms with van der Waals surface area (Å²) in [6.45, 7) is 4.87. The summed E-state index contributed by atoms with van der Waals surface area (Å²) in [5.74, 6) is -0.308. The third kappa shape index (κ3) is 4.75. The van der Waals surface area contributed by atoms with Crippen LogP contribution in [0.4, 0.5) is 0 Å². The Hall–Kier alpha value is -1.82. The van der Waals surface area contributed by atoms with E-state index in [0.29, 0.717) is 0 Å². The lowest BCUT2D eigenvalue weighted by Gasteiger charge is -2.18. The van der Waals surface area contributed by atoms with E-state index >= 15 is 0 Å². The Bertz CT molecular complexity index is 445. The van der Waals surface area contributed by atoms with Gasteiger partial charge in [-0.05, 0) is 18.9 Å². The lowest BCUT2D eigenvalue weighted by molar-refractivity contribution is -0.130. The van der Waals surface area contributed by atoms with E-state index in [9.17, 15) is 10.1 Å². The molecule has 1 unspecified atom stereocenters. The SMILES string of the molecule is CCCCN(C)C(=O)CC(C#N)c1ccc(C)cc1. The van der Waals surface area contributed by atoms with Crippen LogP contribution in [-0.2, 0) is 4.79 Å². The predicted molar refractivity (Wildman–Crippen MR) is 76.7 cm³/mol. The number of carbonyl (C=O) groups excluding carboxylic acids is 1. The average Bonchev–Trinajstić information content (AvgIpc) is 2.42. The van der Waals surface area contributed by atoms with Gasteiger partial charge in [-0.1, -0.05) is 43.2 Å². The second-order valence-corrected chi connectivity index (χ2v) is 4.97. The molecule has 1 amide bonds. The zero-order valence-corrected chi connectivity index (χ0v) is 12.0. The van der Waals surface area contributed by atoms with Crippen LogP contribution in [0.2, 0.25) is 0 Å². The van der Waals surface area contributed by atoms with Gasteiger partial charge in [-0.3, -0.25) is 4.79 Å². The van der Waals surface area contributed by atoms with Crippen LogP contribution in [0.3, 0.4) is 0 Å². The molecule has 0 aliphatic rings. The molecular weight excluding hydrogens is 236 g/mol. The second-order valence-electron chi connectivity index (χ2n) is 4.97. The summed E-state index contributed by atoms with van der Waals surface area (Å²) in [7, 11) is 1.81. The first kappa shape index (κ1) is 15.2. The zero-order valence-electron chi connectivity index (χ0n) is 12.0. The Morgan fingerprint density at radius 3 is 2.53 bits per heavy atom. The van der Waals surface area contributed by atoms with Gasteiger partial charge in [0.1, 0.15) is 0 Å². The van der Waals surface area contributed by atoms with E-state index in [4.69, 9.17) is 0 Å². The van der Waals surface area contributed by atoms with Gasteiger partial charge in [0.2, 0.25) is 5.91 Å². The zero-order chi connectivity index (χ0) is 14.3. The summed E-state index contributed by atoms with van der Waals surface area (Å²) < 4.78 is 0. The molecule has 0 N–H and O–H groups in total. The van der Waals surface area contributed by atoms with Gasteiger partial charge in [0.15, 0.2) is 0 Å². The highest BCUT2D eigenvalue weighted by Crippen LogP contribution is 2.20. The molecular formula is C16H22N2O. The van der Waals surface area contributed by atoms with Gasteiger partial charge in [-0.2, -0.15) is 5.26 Å². The number of aryl methyl sites for hydroxylation is 1. The molecule has 0 bridgehead atoms. The predicted octanol–water partition coefficient (Wildman–Crippen LogP) is 3.25. The number of rotatable bonds is 6. The molecule has 1 rings (SSSR count). The van der Waals surface area contributed by atoms with E-state index in [-0.39, 0.29) is 18.2 Å². The van der Waals surface area contributed by atoms with Gasteiger partial charge >= 0.3 is 0 Å². The molecule has 1 aromatic carbocycles. The van der Waals surface area contributed by atoms with Crippen molar-refractivity contribution in [1.29, 1.82) is 5.26 Å². The molecule has 1 aromatic rings. The minimum Gasteiger partial charge on any atom is -0.346 e. The van der Waals surface area contributed by atoms with Crippen LogP contribution in [0.15, 0.2) is 24.3 Å². The summed E-state index contributed by atoms with van der Waals surface area (Å²) in [5, 5.41) is 9.23. The fourth-order valence-electron chi connectivity index (χ4n) is 1.89. The van der Waals surface area contributed by atoms with Gasteiger partial charge in [0.25, 0.3) is 0 Å². The van der Waals surface area contributed by atoms with Crippen molar-refractivity contribution in [3.63, 3.8) is 0 Å². The molecule has 0 aliphatic heterocycles. The molecule has 0 heterocycles. The highest BCUT2D eigenvalue weighted by molar-refractivity contribution is 5.77. The van der Waals surface area contributed by atoms with E-state index in [0.717, 1.165) is 30.5 Å². The largest absolute Gasteiger partial charge is 0.346 e. The van der Waals surface area contributed by atoms with Crippen LogP contribution in [-0.4, -0.2) is 24.4 Å². The van der Waals surface area contributed by atoms with Crippen LogP contribution in [0.25, 0.3) is 0 Å². The molecule has 0 radical (unpaired) electrons. The molecule has 102 valence electrons. The molecule has 0 saturated heterocycles. The van der Waals surface area contributed by atoms with Crippen molar-refractivity contribution in [2.45, 2.75) is 39.0 Å². The normalized spacial score (nSPS) is 11.7. The summed E-state index contributed by atoms with van der Waals surface area (Å²) in [6.07, 6.45) is 2.33. The minimum atomic E-state index is -0.350. The number of unbranched alkanes of at least 4 members (excludes halogenated alkanes) is 1. The number of amides is 1. The van der Waals surface area contributed by atoms with E-state index in [1.165, 1.54) is 0 Å². The first-order valence-corrected chi connectivity index (χ1v) is 6.78. The number of benzene rings is 1. The van der Waals surface area contributed by atoms with E-state index < -0.39 is 0 Å². The molecule has 3 nitrogen and oxygen atoms in total. The molecule has 19 heavy (non-hydrogen) atoms. The average molecular weight is 258 g/mol. The number of hydrogen-bond acceptors (Lipinski definition) is 2. The van der Waals surface area contributed by atoms with Crippen molar-refractivity contribution in [2.75, 3.05) is 13.6 Å². The molecule has 0 aliphatic carbocycles. The van der Waals surface area contributed by atoms with E-state index in [1.54, 1.807) is 4.90 Å². The van der Waals surface area contributed by atoms with Gasteiger partial charge < -0.3 is 4.90 Å². The topological polar surface area (TPSA) is 44.1 Å². The Kier molecular flexibility index (Phi) is 6.08. The number of carbonyl (C=O) groups is 1. The van der Waals surface area contributed by atoms with Crippen molar-refractivity contribution >= 4 is 5.91 Å². The number of nitrogens with zero attached hydrogens (tertiary/aromatic N) is 2. The summed E-state index contributed by atoms with van der Waals surface area (Å²) in [6, 6.07) is 10.1. The highest BCUT2D eigenvalue weighted by Gasteiger charge is 2.17. The molecule has 1 atom stereocenters. The lowest BCUT2D eigenvalue weighted by Crippen LogP contribution is -2.28. The quantitative estimate of drug-likeness (QED) is 0.786. The monoisotopic (exact) mass is 258 g/mol. The van der Waals surface area contributed by atoms with Crippen LogP contribution in [0.5, 0.6) is 0 Å². The molecule has 0 aromatic heterocycles. The van der Waals surface area contributed by atoms with Gasteiger partial charge in [0.05, 0.1) is 12.0 Å². The Labute approximate surface area is 115 Å². The van der Waals surface area contributed by atoms with E-state index in [2.05, 4.69) is 13.0 Å². The molecule has 0 spiro atoms. The molecule has 0 fully saturated rings. The summed E-state index contributed by atoms with van der Waals surface area (Å²) >= 11 is 0. The van der Waals surface area contributed by atoms with Crippen LogP contribution in [0, 0.1) is 18.3 Å². The number of nitriles is 1. The Balaban J connectivity index is 2.64. The summed E-state index contributed by atoms with van der Waals surface area (Å²) in [5.41, 5.74) is 2.08. The van der Waals surface area contributed by atoms with Crippen molar-refractivity contribution in [1.82, 2.24) is 4.90 Å². The Morgan fingerprint density at radius 1 is 1.37 bits per heavy atom. The third-order valence-electron chi connectivity index (χ3n) is 3.29. The third-order valence-corrected chi connectivity index (χ3v) is 3.29. The molecule has 3 heteroatoms. The summed E-state index contributed by atoms with van der Waals surface area (Å²) in [4.78, 5) is 13.8. The maximum absolute atomic E-state index is 12.0. The van der Waals surface area contributed by atoms with Crippen molar-refractivity contribution in [2.24, 2.45) is 0 Å². The minimum absolute atomic E-state index is 0.0422. The standard InChI is InChI=1S/C16H22N2O/c1-4-5-10-18(3)16(19)11-15(12-17)14-8-6-13(2)7-9-14/h6-9,15H,4-5,10-11H2,1-3H3. The van der Waals surface area contributed by atoms with Crippen molar-refractivity contribution < 1.29 is 4.79 Å². The second kappa shape index (κ2) is 7.58. The maximum atomic E-state index is 12.0. The van der Waals surface area contributed by atoms with Crippen LogP contribution < -0.4 is 0 Å². The van der Waals surface area contributed by atoms with Crippen LogP contribution >= 0.6 is 0 Å². The smallest absolute Gasteiger partial charge is 0.223 e. The fourth-order valence-corrected chi connectivity index (χ4v) is 1.89. The number of hydrogen-bond donors (Lipinski definition) is 0. The van der Waals surface area contributed by atoms with Crippen molar-refractivity contribution in [3.8, 4) is 6.07 Å². The first-order chi connectivity index (χ1) is 9.08. The highest BCUT2D eigenvalue weighted by atomic mass is 16.2. The first-order valence-electron chi connectivity index (χ1n) is 6.78. The van der Waals surface area contributed by atoms with E-state index in [1.807, 2.05) is 38.2 Å². The van der Waals surface area contributed by atoms with Gasteiger partial charge in [-0.15, -0.1) is 0 Å². The van der Waals surface area contributed by atoms with Crippen LogP contribution in [0.1, 0.15) is 43.2 Å².